The first-order valence-corrected chi connectivity index (χ1v) is 12.7. The summed E-state index contributed by atoms with van der Waals surface area (Å²) >= 11 is 0. The van der Waals surface area contributed by atoms with E-state index in [9.17, 15) is 18.0 Å². The molecule has 3 rings (SSSR count). The van der Waals surface area contributed by atoms with Crippen LogP contribution in [0.15, 0.2) is 46.1 Å². The highest BCUT2D eigenvalue weighted by molar-refractivity contribution is 7.89. The first kappa shape index (κ1) is 24.2. The molecule has 2 aromatic rings. The third kappa shape index (κ3) is 7.32. The normalized spacial score (nSPS) is 15.7. The van der Waals surface area contributed by atoms with Crippen LogP contribution in [0.2, 0.25) is 0 Å². The van der Waals surface area contributed by atoms with E-state index in [1.54, 1.807) is 0 Å². The van der Waals surface area contributed by atoms with E-state index in [2.05, 4.69) is 9.71 Å². The van der Waals surface area contributed by atoms with Crippen molar-refractivity contribution >= 4 is 10.0 Å². The second-order valence-electron chi connectivity index (χ2n) is 7.97. The summed E-state index contributed by atoms with van der Waals surface area (Å²) < 4.78 is 40.5. The molecule has 2 N–H and O–H groups in total. The largest absolute Gasteiger partial charge is 0.490 e. The predicted octanol–water partition coefficient (Wildman–Crippen LogP) is 2.29. The summed E-state index contributed by atoms with van der Waals surface area (Å²) in [6, 6.07) is 8.51. The monoisotopic (exact) mass is 465 g/mol. The molecule has 32 heavy (non-hydrogen) atoms. The van der Waals surface area contributed by atoms with E-state index in [1.165, 1.54) is 29.7 Å². The minimum absolute atomic E-state index is 0.0611. The second-order valence-corrected chi connectivity index (χ2v) is 9.84. The van der Waals surface area contributed by atoms with Crippen molar-refractivity contribution in [2.45, 2.75) is 64.3 Å². The number of hydrogen-bond donors (Lipinski definition) is 2. The summed E-state index contributed by atoms with van der Waals surface area (Å²) in [4.78, 5) is 24.8. The molecular formula is C22H31N3O6S. The van der Waals surface area contributed by atoms with Crippen LogP contribution in [0.1, 0.15) is 57.1 Å². The van der Waals surface area contributed by atoms with E-state index >= 15 is 0 Å². The molecule has 0 saturated heterocycles. The van der Waals surface area contributed by atoms with Crippen molar-refractivity contribution in [3.8, 4) is 5.75 Å². The van der Waals surface area contributed by atoms with Gasteiger partial charge in [-0.05, 0) is 56.2 Å². The van der Waals surface area contributed by atoms with Gasteiger partial charge in [0.25, 0.3) is 5.56 Å². The summed E-state index contributed by atoms with van der Waals surface area (Å²) in [6.07, 6.45) is 6.96. The number of ether oxygens (including phenoxy) is 2. The van der Waals surface area contributed by atoms with E-state index in [0.29, 0.717) is 6.42 Å². The molecule has 1 heterocycles. The van der Waals surface area contributed by atoms with Crippen molar-refractivity contribution in [3.05, 3.63) is 62.9 Å². The van der Waals surface area contributed by atoms with Gasteiger partial charge in [-0.2, -0.15) is 0 Å². The molecule has 1 fully saturated rings. The lowest BCUT2D eigenvalue weighted by molar-refractivity contribution is 0.0744. The first-order valence-electron chi connectivity index (χ1n) is 11.0. The minimum Gasteiger partial charge on any atom is -0.490 e. The minimum atomic E-state index is -3.52. The molecule has 1 saturated carbocycles. The molecular weight excluding hydrogens is 434 g/mol. The molecule has 1 aliphatic rings. The number of sulfonamides is 1. The van der Waals surface area contributed by atoms with Crippen LogP contribution in [0.3, 0.4) is 0 Å². The Labute approximate surface area is 187 Å². The molecule has 1 aromatic heterocycles. The number of H-pyrrole nitrogens is 1. The third-order valence-corrected chi connectivity index (χ3v) is 6.89. The number of nitrogens with zero attached hydrogens (tertiary/aromatic N) is 1. The zero-order valence-corrected chi connectivity index (χ0v) is 19.1. The molecule has 1 aromatic carbocycles. The van der Waals surface area contributed by atoms with Crippen molar-refractivity contribution in [3.63, 3.8) is 0 Å². The molecule has 0 unspecified atom stereocenters. The summed E-state index contributed by atoms with van der Waals surface area (Å²) in [5.41, 5.74) is -0.179. The zero-order valence-electron chi connectivity index (χ0n) is 18.3. The smallest absolute Gasteiger partial charge is 0.330 e. The fourth-order valence-electron chi connectivity index (χ4n) is 3.73. The lowest BCUT2D eigenvalue weighted by atomic mass is 10.1. The fraction of sp³-hybridized carbons (Fsp3) is 0.545. The number of aromatic amines is 1. The Morgan fingerprint density at radius 3 is 2.72 bits per heavy atom. The standard InChI is InChI=1S/C22H31N3O6S/c1-2-20(17-7-5-10-19(15-17)31-18-8-3-4-9-18)24-32(28,29)14-6-13-30-16-25-12-11-21(26)23-22(25)27/h5,7,10-12,15,18,20,24H,2-4,6,8-9,13-14,16H2,1H3,(H,23,26,27)/t20-/m1/s1. The summed E-state index contributed by atoms with van der Waals surface area (Å²) in [7, 11) is -3.52. The van der Waals surface area contributed by atoms with Crippen LogP contribution in [0.4, 0.5) is 0 Å². The molecule has 1 aliphatic carbocycles. The van der Waals surface area contributed by atoms with Crippen molar-refractivity contribution in [2.75, 3.05) is 12.4 Å². The SMILES string of the molecule is CC[C@@H](NS(=O)(=O)CCCOCn1ccc(=O)[nH]c1=O)c1cccc(OC2CCCC2)c1. The Hall–Kier alpha value is -2.43. The van der Waals surface area contributed by atoms with E-state index in [4.69, 9.17) is 9.47 Å². The number of rotatable bonds is 12. The average Bonchev–Trinajstić information content (AvgIpc) is 3.26. The molecule has 1 atom stereocenters. The van der Waals surface area contributed by atoms with Crippen LogP contribution in [0, 0.1) is 0 Å². The Bertz CT molecular complexity index is 1090. The third-order valence-electron chi connectivity index (χ3n) is 5.42. The van der Waals surface area contributed by atoms with E-state index < -0.39 is 21.3 Å². The molecule has 0 bridgehead atoms. The van der Waals surface area contributed by atoms with Gasteiger partial charge in [0.15, 0.2) is 0 Å². The lowest BCUT2D eigenvalue weighted by Crippen LogP contribution is -2.31. The second kappa shape index (κ2) is 11.4. The number of benzene rings is 1. The van der Waals surface area contributed by atoms with Crippen molar-refractivity contribution in [2.24, 2.45) is 0 Å². The summed E-state index contributed by atoms with van der Waals surface area (Å²) in [5.74, 6) is 0.681. The highest BCUT2D eigenvalue weighted by atomic mass is 32.2. The predicted molar refractivity (Wildman–Crippen MR) is 121 cm³/mol. The molecule has 0 spiro atoms. The van der Waals surface area contributed by atoms with Crippen molar-refractivity contribution in [1.29, 1.82) is 0 Å². The quantitative estimate of drug-likeness (QED) is 0.464. The molecule has 0 amide bonds. The van der Waals surface area contributed by atoms with Gasteiger partial charge in [-0.3, -0.25) is 14.3 Å². The lowest BCUT2D eigenvalue weighted by Gasteiger charge is -2.19. The van der Waals surface area contributed by atoms with Crippen LogP contribution in [0.5, 0.6) is 5.75 Å². The van der Waals surface area contributed by atoms with Gasteiger partial charge in [-0.1, -0.05) is 19.1 Å². The average molecular weight is 466 g/mol. The van der Waals surface area contributed by atoms with Gasteiger partial charge in [-0.15, -0.1) is 0 Å². The molecule has 9 nitrogen and oxygen atoms in total. The van der Waals surface area contributed by atoms with Crippen LogP contribution in [-0.4, -0.2) is 36.4 Å². The van der Waals surface area contributed by atoms with E-state index in [-0.39, 0.29) is 37.7 Å². The topological polar surface area (TPSA) is 119 Å². The van der Waals surface area contributed by atoms with Gasteiger partial charge >= 0.3 is 5.69 Å². The van der Waals surface area contributed by atoms with E-state index in [1.807, 2.05) is 31.2 Å². The number of aromatic nitrogens is 2. The van der Waals surface area contributed by atoms with Gasteiger partial charge in [0.1, 0.15) is 12.5 Å². The maximum Gasteiger partial charge on any atom is 0.330 e. The van der Waals surface area contributed by atoms with Crippen molar-refractivity contribution in [1.82, 2.24) is 14.3 Å². The van der Waals surface area contributed by atoms with Gasteiger partial charge < -0.3 is 9.47 Å². The van der Waals surface area contributed by atoms with Crippen LogP contribution < -0.4 is 20.7 Å². The maximum atomic E-state index is 12.6. The number of nitrogens with one attached hydrogen (secondary N) is 2. The fourth-order valence-corrected chi connectivity index (χ4v) is 5.08. The molecule has 0 aliphatic heterocycles. The summed E-state index contributed by atoms with van der Waals surface area (Å²) in [6.45, 7) is 2.03. The molecule has 0 radical (unpaired) electrons. The highest BCUT2D eigenvalue weighted by Gasteiger charge is 2.20. The van der Waals surface area contributed by atoms with Crippen LogP contribution in [0.25, 0.3) is 0 Å². The van der Waals surface area contributed by atoms with Crippen LogP contribution in [-0.2, 0) is 21.5 Å². The van der Waals surface area contributed by atoms with Gasteiger partial charge in [-0.25, -0.2) is 17.9 Å². The Kier molecular flexibility index (Phi) is 8.66. The van der Waals surface area contributed by atoms with Gasteiger partial charge in [0.05, 0.1) is 11.9 Å². The Morgan fingerprint density at radius 1 is 1.22 bits per heavy atom. The Morgan fingerprint density at radius 2 is 2.00 bits per heavy atom. The number of hydrogen-bond acceptors (Lipinski definition) is 6. The Balaban J connectivity index is 1.48. The van der Waals surface area contributed by atoms with Gasteiger partial charge in [0, 0.05) is 24.9 Å². The summed E-state index contributed by atoms with van der Waals surface area (Å²) in [5, 5.41) is 0. The van der Waals surface area contributed by atoms with Crippen molar-refractivity contribution < 1.29 is 17.9 Å². The first-order chi connectivity index (χ1) is 15.4. The molecule has 176 valence electrons. The zero-order chi connectivity index (χ0) is 23.0. The van der Waals surface area contributed by atoms with Gasteiger partial charge in [0.2, 0.25) is 10.0 Å². The van der Waals surface area contributed by atoms with Crippen LogP contribution >= 0.6 is 0 Å². The van der Waals surface area contributed by atoms with E-state index in [0.717, 1.165) is 24.2 Å². The molecule has 10 heteroatoms. The maximum absolute atomic E-state index is 12.6. The highest BCUT2D eigenvalue weighted by Crippen LogP contribution is 2.27.